The van der Waals surface area contributed by atoms with Gasteiger partial charge in [-0.25, -0.2) is 4.79 Å². The lowest BCUT2D eigenvalue weighted by atomic mass is 10.4. The summed E-state index contributed by atoms with van der Waals surface area (Å²) in [5.74, 6) is -0.528. The van der Waals surface area contributed by atoms with Crippen molar-refractivity contribution in [3.63, 3.8) is 0 Å². The number of hydrogen-bond acceptors (Lipinski definition) is 5. The van der Waals surface area contributed by atoms with E-state index in [0.717, 1.165) is 16.8 Å². The number of nitro groups is 1. The molecule has 19 heavy (non-hydrogen) atoms. The first-order valence-corrected chi connectivity index (χ1v) is 6.12. The van der Waals surface area contributed by atoms with Gasteiger partial charge in [0.1, 0.15) is 0 Å². The van der Waals surface area contributed by atoms with E-state index in [0.29, 0.717) is 0 Å². The quantitative estimate of drug-likeness (QED) is 0.354. The van der Waals surface area contributed by atoms with E-state index >= 15 is 0 Å². The zero-order valence-corrected chi connectivity index (χ0v) is 11.6. The Labute approximate surface area is 116 Å². The third-order valence-corrected chi connectivity index (χ3v) is 2.65. The predicted molar refractivity (Wildman–Crippen MR) is 70.8 cm³/mol. The zero-order valence-electron chi connectivity index (χ0n) is 10.0. The van der Waals surface area contributed by atoms with Crippen LogP contribution < -0.4 is 5.56 Å². The Balaban J connectivity index is 2.92. The topological polar surface area (TPSA) is 91.4 Å². The van der Waals surface area contributed by atoms with Crippen molar-refractivity contribution >= 4 is 27.6 Å². The number of ether oxygens (including phenoxy) is 1. The van der Waals surface area contributed by atoms with Crippen molar-refractivity contribution in [2.75, 3.05) is 6.61 Å². The van der Waals surface area contributed by atoms with E-state index in [9.17, 15) is 19.7 Å². The van der Waals surface area contributed by atoms with Crippen LogP contribution in [0.5, 0.6) is 0 Å². The number of halogens is 1. The van der Waals surface area contributed by atoms with E-state index in [1.54, 1.807) is 6.92 Å². The molecule has 0 aliphatic heterocycles. The van der Waals surface area contributed by atoms with E-state index < -0.39 is 16.5 Å². The largest absolute Gasteiger partial charge is 0.463 e. The van der Waals surface area contributed by atoms with Gasteiger partial charge in [-0.15, -0.1) is 0 Å². The fourth-order valence-corrected chi connectivity index (χ4v) is 1.73. The molecule has 1 aromatic heterocycles. The highest BCUT2D eigenvalue weighted by atomic mass is 79.9. The minimum atomic E-state index is -0.601. The average molecular weight is 331 g/mol. The molecule has 0 saturated heterocycles. The highest BCUT2D eigenvalue weighted by Crippen LogP contribution is 2.14. The summed E-state index contributed by atoms with van der Waals surface area (Å²) in [6, 6.07) is 1.13. The SMILES string of the molecule is CCOC(=O)/C=C/Cn1cc([N+](=O)[O-])cc(Br)c1=O. The number of hydrogen-bond donors (Lipinski definition) is 0. The van der Waals surface area contributed by atoms with Gasteiger partial charge in [0.05, 0.1) is 22.2 Å². The second-order valence-electron chi connectivity index (χ2n) is 3.42. The molecule has 7 nitrogen and oxygen atoms in total. The van der Waals surface area contributed by atoms with Gasteiger partial charge in [0, 0.05) is 18.7 Å². The third kappa shape index (κ3) is 4.32. The van der Waals surface area contributed by atoms with Crippen LogP contribution in [0.4, 0.5) is 5.69 Å². The Morgan fingerprint density at radius 1 is 1.63 bits per heavy atom. The standard InChI is InChI=1S/C11H11BrN2O5/c1-2-19-10(15)4-3-5-13-7-8(14(17)18)6-9(12)11(13)16/h3-4,6-7H,2,5H2,1H3/b4-3+. The van der Waals surface area contributed by atoms with Crippen LogP contribution in [0.25, 0.3) is 0 Å². The highest BCUT2D eigenvalue weighted by Gasteiger charge is 2.11. The molecule has 0 saturated carbocycles. The fourth-order valence-electron chi connectivity index (χ4n) is 1.27. The van der Waals surface area contributed by atoms with Crippen molar-refractivity contribution in [2.45, 2.75) is 13.5 Å². The van der Waals surface area contributed by atoms with Crippen LogP contribution in [0.2, 0.25) is 0 Å². The minimum absolute atomic E-state index is 0.0396. The van der Waals surface area contributed by atoms with Crippen LogP contribution in [-0.2, 0) is 16.1 Å². The number of esters is 1. The number of carbonyl (C=O) groups excluding carboxylic acids is 1. The Hall–Kier alpha value is -1.96. The lowest BCUT2D eigenvalue weighted by Crippen LogP contribution is -2.20. The molecule has 0 amide bonds. The minimum Gasteiger partial charge on any atom is -0.463 e. The van der Waals surface area contributed by atoms with Gasteiger partial charge in [-0.3, -0.25) is 14.9 Å². The van der Waals surface area contributed by atoms with E-state index in [4.69, 9.17) is 0 Å². The van der Waals surface area contributed by atoms with E-state index in [-0.39, 0.29) is 23.3 Å². The predicted octanol–water partition coefficient (Wildman–Crippen LogP) is 1.64. The summed E-state index contributed by atoms with van der Waals surface area (Å²) in [5, 5.41) is 10.7. The average Bonchev–Trinajstić information content (AvgIpc) is 2.34. The Kier molecular flexibility index (Phi) is 5.43. The summed E-state index contributed by atoms with van der Waals surface area (Å²) < 4.78 is 5.88. The van der Waals surface area contributed by atoms with E-state index in [2.05, 4.69) is 20.7 Å². The van der Waals surface area contributed by atoms with Gasteiger partial charge in [0.15, 0.2) is 0 Å². The molecule has 0 radical (unpaired) electrons. The van der Waals surface area contributed by atoms with Gasteiger partial charge in [-0.2, -0.15) is 0 Å². The van der Waals surface area contributed by atoms with Crippen LogP contribution in [0.3, 0.4) is 0 Å². The first kappa shape index (κ1) is 15.1. The molecule has 0 unspecified atom stereocenters. The molecular formula is C11H11BrN2O5. The number of rotatable bonds is 5. The van der Waals surface area contributed by atoms with Crippen molar-refractivity contribution in [1.29, 1.82) is 0 Å². The molecule has 0 bridgehead atoms. The van der Waals surface area contributed by atoms with Gasteiger partial charge in [-0.05, 0) is 22.9 Å². The third-order valence-electron chi connectivity index (χ3n) is 2.08. The van der Waals surface area contributed by atoms with Gasteiger partial charge in [0.2, 0.25) is 0 Å². The van der Waals surface area contributed by atoms with E-state index in [1.165, 1.54) is 12.2 Å². The molecule has 8 heteroatoms. The van der Waals surface area contributed by atoms with Crippen LogP contribution in [0.1, 0.15) is 6.92 Å². The Bertz CT molecular complexity index is 579. The molecule has 102 valence electrons. The summed E-state index contributed by atoms with van der Waals surface area (Å²) in [6.07, 6.45) is 3.68. The zero-order chi connectivity index (χ0) is 14.4. The molecule has 1 rings (SSSR count). The maximum atomic E-state index is 11.7. The maximum Gasteiger partial charge on any atom is 0.330 e. The molecule has 1 aromatic rings. The molecular weight excluding hydrogens is 320 g/mol. The molecule has 1 heterocycles. The number of nitrogens with zero attached hydrogens (tertiary/aromatic N) is 2. The summed E-state index contributed by atoms with van der Waals surface area (Å²) in [4.78, 5) is 32.8. The van der Waals surface area contributed by atoms with Crippen LogP contribution in [0.15, 0.2) is 33.7 Å². The number of aromatic nitrogens is 1. The van der Waals surface area contributed by atoms with Crippen LogP contribution in [-0.4, -0.2) is 22.1 Å². The first-order valence-electron chi connectivity index (χ1n) is 5.33. The molecule has 0 fully saturated rings. The van der Waals surface area contributed by atoms with Crippen molar-refractivity contribution in [3.8, 4) is 0 Å². The second kappa shape index (κ2) is 6.83. The smallest absolute Gasteiger partial charge is 0.330 e. The number of carbonyl (C=O) groups is 1. The summed E-state index contributed by atoms with van der Waals surface area (Å²) in [7, 11) is 0. The normalized spacial score (nSPS) is 10.6. The molecule has 0 aliphatic rings. The fraction of sp³-hybridized carbons (Fsp3) is 0.273. The van der Waals surface area contributed by atoms with Crippen molar-refractivity contribution in [3.05, 3.63) is 49.4 Å². The van der Waals surface area contributed by atoms with Crippen molar-refractivity contribution in [2.24, 2.45) is 0 Å². The van der Waals surface area contributed by atoms with Crippen molar-refractivity contribution in [1.82, 2.24) is 4.57 Å². The summed E-state index contributed by atoms with van der Waals surface area (Å²) in [5.41, 5.74) is -0.630. The lowest BCUT2D eigenvalue weighted by molar-refractivity contribution is -0.385. The van der Waals surface area contributed by atoms with Gasteiger partial charge in [0.25, 0.3) is 11.2 Å². The van der Waals surface area contributed by atoms with Crippen LogP contribution in [0, 0.1) is 10.1 Å². The summed E-state index contributed by atoms with van der Waals surface area (Å²) in [6.45, 7) is 1.97. The Morgan fingerprint density at radius 3 is 2.89 bits per heavy atom. The van der Waals surface area contributed by atoms with E-state index in [1.807, 2.05) is 0 Å². The monoisotopic (exact) mass is 330 g/mol. The lowest BCUT2D eigenvalue weighted by Gasteiger charge is -2.02. The maximum absolute atomic E-state index is 11.7. The first-order chi connectivity index (χ1) is 8.95. The molecule has 0 atom stereocenters. The van der Waals surface area contributed by atoms with Gasteiger partial charge >= 0.3 is 5.97 Å². The number of allylic oxidation sites excluding steroid dienone is 1. The molecule has 0 N–H and O–H groups in total. The summed E-state index contributed by atoms with van der Waals surface area (Å²) >= 11 is 2.96. The molecule has 0 aliphatic carbocycles. The van der Waals surface area contributed by atoms with Gasteiger partial charge < -0.3 is 9.30 Å². The van der Waals surface area contributed by atoms with Crippen molar-refractivity contribution < 1.29 is 14.5 Å². The van der Waals surface area contributed by atoms with Gasteiger partial charge in [-0.1, -0.05) is 6.08 Å². The van der Waals surface area contributed by atoms with Crippen LogP contribution >= 0.6 is 15.9 Å². The second-order valence-corrected chi connectivity index (χ2v) is 4.27. The molecule has 0 spiro atoms. The number of pyridine rings is 1. The Morgan fingerprint density at radius 2 is 2.32 bits per heavy atom. The molecule has 0 aromatic carbocycles. The highest BCUT2D eigenvalue weighted by molar-refractivity contribution is 9.10.